The third kappa shape index (κ3) is 3.36. The van der Waals surface area contributed by atoms with E-state index in [1.54, 1.807) is 6.07 Å². The van der Waals surface area contributed by atoms with Gasteiger partial charge in [0.2, 0.25) is 0 Å². The molecule has 0 aromatic heterocycles. The van der Waals surface area contributed by atoms with Crippen LogP contribution in [0.5, 0.6) is 5.75 Å². The number of nitrogens with zero attached hydrogens (tertiary/aromatic N) is 1. The topological polar surface area (TPSA) is 90.5 Å². The Hall–Kier alpha value is -2.27. The predicted octanol–water partition coefficient (Wildman–Crippen LogP) is 1.57. The molecule has 8 heteroatoms. The second-order valence-corrected chi connectivity index (χ2v) is 3.15. The minimum absolute atomic E-state index is 0.251. The molecule has 0 heterocycles. The molecule has 0 amide bonds. The normalized spacial score (nSPS) is 12.6. The van der Waals surface area contributed by atoms with E-state index in [4.69, 9.17) is 10.4 Å². The molecule has 1 unspecified atom stereocenters. The van der Waals surface area contributed by atoms with E-state index < -0.39 is 29.7 Å². The molecule has 1 rings (SSSR count). The van der Waals surface area contributed by atoms with Crippen molar-refractivity contribution >= 4 is 5.97 Å². The lowest BCUT2D eigenvalue weighted by atomic mass is 10.0. The van der Waals surface area contributed by atoms with Crippen molar-refractivity contribution in [2.75, 3.05) is 0 Å². The van der Waals surface area contributed by atoms with Gasteiger partial charge in [-0.2, -0.15) is 5.26 Å². The third-order valence-corrected chi connectivity index (χ3v) is 1.91. The number of alkyl halides is 3. The second kappa shape index (κ2) is 4.93. The fraction of sp³-hybridized carbons (Fsp3) is 0.200. The number of rotatable bonds is 3. The van der Waals surface area contributed by atoms with Crippen molar-refractivity contribution in [3.8, 4) is 11.8 Å². The van der Waals surface area contributed by atoms with Crippen LogP contribution in [0.1, 0.15) is 17.2 Å². The number of carboxylic acids is 1. The minimum atomic E-state index is -4.94. The van der Waals surface area contributed by atoms with Crippen LogP contribution in [0.25, 0.3) is 0 Å². The van der Waals surface area contributed by atoms with Gasteiger partial charge in [0.15, 0.2) is 6.10 Å². The van der Waals surface area contributed by atoms with Crippen LogP contribution in [-0.2, 0) is 4.79 Å². The molecular weight excluding hydrogens is 255 g/mol. The lowest BCUT2D eigenvalue weighted by Crippen LogP contribution is -2.18. The first-order valence-electron chi connectivity index (χ1n) is 4.45. The quantitative estimate of drug-likeness (QED) is 0.861. The Labute approximate surface area is 98.6 Å². The van der Waals surface area contributed by atoms with Gasteiger partial charge in [0, 0.05) is 5.56 Å². The zero-order valence-electron chi connectivity index (χ0n) is 8.60. The van der Waals surface area contributed by atoms with Crippen LogP contribution in [-0.4, -0.2) is 22.5 Å². The number of aliphatic hydroxyl groups is 1. The number of ether oxygens (including phenoxy) is 1. The van der Waals surface area contributed by atoms with Crippen LogP contribution in [0.2, 0.25) is 0 Å². The Kier molecular flexibility index (Phi) is 3.78. The summed E-state index contributed by atoms with van der Waals surface area (Å²) in [4.78, 5) is 10.5. The maximum atomic E-state index is 11.9. The summed E-state index contributed by atoms with van der Waals surface area (Å²) in [6, 6.07) is 4.00. The Balaban J connectivity index is 3.19. The molecule has 2 N–H and O–H groups in total. The largest absolute Gasteiger partial charge is 0.573 e. The van der Waals surface area contributed by atoms with E-state index in [1.807, 2.05) is 0 Å². The number of benzene rings is 1. The molecule has 1 aromatic rings. The molecule has 0 saturated carbocycles. The number of carbonyl (C=O) groups is 1. The molecule has 0 aliphatic heterocycles. The maximum Gasteiger partial charge on any atom is 0.573 e. The van der Waals surface area contributed by atoms with Crippen molar-refractivity contribution in [3.63, 3.8) is 0 Å². The Morgan fingerprint density at radius 2 is 2.06 bits per heavy atom. The Morgan fingerprint density at radius 3 is 2.50 bits per heavy atom. The molecule has 1 atom stereocenters. The predicted molar refractivity (Wildman–Crippen MR) is 50.4 cm³/mol. The molecule has 0 saturated heterocycles. The first kappa shape index (κ1) is 13.8. The van der Waals surface area contributed by atoms with Crippen molar-refractivity contribution in [3.05, 3.63) is 29.3 Å². The average molecular weight is 261 g/mol. The van der Waals surface area contributed by atoms with Crippen LogP contribution in [0, 0.1) is 11.3 Å². The van der Waals surface area contributed by atoms with Crippen LogP contribution in [0.3, 0.4) is 0 Å². The summed E-state index contributed by atoms with van der Waals surface area (Å²) in [5.41, 5.74) is -0.717. The summed E-state index contributed by atoms with van der Waals surface area (Å²) in [6.07, 6.45) is -7.05. The molecule has 1 aromatic carbocycles. The lowest BCUT2D eigenvalue weighted by Gasteiger charge is -2.12. The van der Waals surface area contributed by atoms with Crippen LogP contribution >= 0.6 is 0 Å². The first-order chi connectivity index (χ1) is 8.24. The van der Waals surface area contributed by atoms with Crippen molar-refractivity contribution in [2.24, 2.45) is 0 Å². The van der Waals surface area contributed by atoms with Gasteiger partial charge >= 0.3 is 12.3 Å². The number of hydrogen-bond donors (Lipinski definition) is 2. The summed E-state index contributed by atoms with van der Waals surface area (Å²) in [5, 5.41) is 26.5. The highest BCUT2D eigenvalue weighted by Crippen LogP contribution is 2.27. The minimum Gasteiger partial charge on any atom is -0.479 e. The van der Waals surface area contributed by atoms with Crippen LogP contribution in [0.15, 0.2) is 18.2 Å². The van der Waals surface area contributed by atoms with Crippen molar-refractivity contribution in [1.29, 1.82) is 5.26 Å². The monoisotopic (exact) mass is 261 g/mol. The van der Waals surface area contributed by atoms with Crippen molar-refractivity contribution in [2.45, 2.75) is 12.5 Å². The van der Waals surface area contributed by atoms with Gasteiger partial charge in [0.05, 0.1) is 11.6 Å². The molecule has 0 bridgehead atoms. The van der Waals surface area contributed by atoms with E-state index in [0.717, 1.165) is 12.1 Å². The summed E-state index contributed by atoms with van der Waals surface area (Å²) >= 11 is 0. The van der Waals surface area contributed by atoms with Crippen molar-refractivity contribution in [1.82, 2.24) is 0 Å². The summed E-state index contributed by atoms with van der Waals surface area (Å²) in [6.45, 7) is 0. The number of nitriles is 1. The van der Waals surface area contributed by atoms with E-state index in [2.05, 4.69) is 4.74 Å². The van der Waals surface area contributed by atoms with Gasteiger partial charge in [-0.05, 0) is 18.2 Å². The van der Waals surface area contributed by atoms with Gasteiger partial charge < -0.3 is 14.9 Å². The second-order valence-electron chi connectivity index (χ2n) is 3.15. The molecule has 96 valence electrons. The number of halogens is 3. The molecule has 0 spiro atoms. The number of carboxylic acid groups (broad SMARTS) is 1. The van der Waals surface area contributed by atoms with Gasteiger partial charge in [-0.1, -0.05) is 0 Å². The Morgan fingerprint density at radius 1 is 1.44 bits per heavy atom. The first-order valence-corrected chi connectivity index (χ1v) is 4.45. The van der Waals surface area contributed by atoms with Gasteiger partial charge in [-0.3, -0.25) is 0 Å². The van der Waals surface area contributed by atoms with E-state index in [9.17, 15) is 23.1 Å². The van der Waals surface area contributed by atoms with Gasteiger partial charge in [0.25, 0.3) is 0 Å². The van der Waals surface area contributed by atoms with Crippen LogP contribution < -0.4 is 4.74 Å². The number of aliphatic carboxylic acids is 1. The number of hydrogen-bond acceptors (Lipinski definition) is 4. The highest BCUT2D eigenvalue weighted by atomic mass is 19.4. The molecule has 0 radical (unpaired) electrons. The lowest BCUT2D eigenvalue weighted by molar-refractivity contribution is -0.274. The van der Waals surface area contributed by atoms with Crippen molar-refractivity contribution < 1.29 is 32.9 Å². The molecule has 5 nitrogen and oxygen atoms in total. The van der Waals surface area contributed by atoms with Gasteiger partial charge in [0.1, 0.15) is 5.75 Å². The molecular formula is C10H6F3NO4. The van der Waals surface area contributed by atoms with Crippen LogP contribution in [0.4, 0.5) is 13.2 Å². The van der Waals surface area contributed by atoms with E-state index in [1.165, 1.54) is 0 Å². The Bertz CT molecular complexity index is 507. The maximum absolute atomic E-state index is 11.9. The van der Waals surface area contributed by atoms with Gasteiger partial charge in [-0.25, -0.2) is 4.79 Å². The SMILES string of the molecule is N#Cc1ccc(OC(F)(F)F)cc1C(O)C(=O)O. The summed E-state index contributed by atoms with van der Waals surface area (Å²) < 4.78 is 39.4. The summed E-state index contributed by atoms with van der Waals surface area (Å²) in [5.74, 6) is -2.40. The smallest absolute Gasteiger partial charge is 0.479 e. The average Bonchev–Trinajstić information content (AvgIpc) is 2.25. The van der Waals surface area contributed by atoms with E-state index in [-0.39, 0.29) is 5.56 Å². The highest BCUT2D eigenvalue weighted by molar-refractivity contribution is 5.75. The molecule has 0 aliphatic rings. The molecule has 0 aliphatic carbocycles. The number of aliphatic hydroxyl groups excluding tert-OH is 1. The fourth-order valence-electron chi connectivity index (χ4n) is 1.20. The fourth-order valence-corrected chi connectivity index (χ4v) is 1.20. The van der Waals surface area contributed by atoms with E-state index >= 15 is 0 Å². The standard InChI is InChI=1S/C10H6F3NO4/c11-10(12,13)18-6-2-1-5(4-14)7(3-6)8(15)9(16)17/h1-3,8,15H,(H,16,17). The zero-order valence-corrected chi connectivity index (χ0v) is 8.60. The molecule has 18 heavy (non-hydrogen) atoms. The van der Waals surface area contributed by atoms with Gasteiger partial charge in [-0.15, -0.1) is 13.2 Å². The van der Waals surface area contributed by atoms with E-state index in [0.29, 0.717) is 6.07 Å². The highest BCUT2D eigenvalue weighted by Gasteiger charge is 2.32. The zero-order chi connectivity index (χ0) is 13.9. The third-order valence-electron chi connectivity index (χ3n) is 1.91. The summed E-state index contributed by atoms with van der Waals surface area (Å²) in [7, 11) is 0. The molecule has 0 fully saturated rings.